The van der Waals surface area contributed by atoms with Gasteiger partial charge in [0, 0.05) is 12.0 Å². The zero-order valence-corrected chi connectivity index (χ0v) is 11.5. The molecule has 1 aliphatic rings. The predicted molar refractivity (Wildman–Crippen MR) is 66.5 cm³/mol. The van der Waals surface area contributed by atoms with Crippen LogP contribution in [-0.2, 0) is 11.2 Å². The maximum Gasteiger partial charge on any atom is 0.454 e. The molecule has 0 unspecified atom stereocenters. The highest BCUT2D eigenvalue weighted by Crippen LogP contribution is 2.36. The van der Waals surface area contributed by atoms with Gasteiger partial charge >= 0.3 is 12.4 Å². The van der Waals surface area contributed by atoms with Crippen molar-refractivity contribution in [1.82, 2.24) is 0 Å². The summed E-state index contributed by atoms with van der Waals surface area (Å²) in [5.74, 6) is -5.19. The van der Waals surface area contributed by atoms with Crippen LogP contribution in [-0.4, -0.2) is 29.8 Å². The van der Waals surface area contributed by atoms with E-state index < -0.39 is 35.5 Å². The molecule has 1 aromatic carbocycles. The van der Waals surface area contributed by atoms with Crippen molar-refractivity contribution in [2.75, 3.05) is 6.54 Å². The largest absolute Gasteiger partial charge is 0.504 e. The van der Waals surface area contributed by atoms with E-state index in [1.54, 1.807) is 12.1 Å². The average Bonchev–Trinajstić information content (AvgIpc) is 2.45. The lowest BCUT2D eigenvalue weighted by molar-refractivity contribution is -0.690. The zero-order valence-electron chi connectivity index (χ0n) is 11.5. The molecule has 1 aliphatic heterocycles. The number of hydrogen-bond donors (Lipinski definition) is 2. The van der Waals surface area contributed by atoms with E-state index in [0.717, 1.165) is 0 Å². The van der Waals surface area contributed by atoms with Crippen molar-refractivity contribution >= 4 is 5.78 Å². The number of aliphatic hydroxyl groups is 1. The fraction of sp³-hybridized carbons (Fsp3) is 0.357. The Bertz CT molecular complexity index is 647. The lowest BCUT2D eigenvalue weighted by atomic mass is 9.87. The monoisotopic (exact) mass is 340 g/mol. The fourth-order valence-electron chi connectivity index (χ4n) is 2.57. The summed E-state index contributed by atoms with van der Waals surface area (Å²) < 4.78 is 76.3. The lowest BCUT2D eigenvalue weighted by Gasteiger charge is -2.26. The van der Waals surface area contributed by atoms with Gasteiger partial charge in [-0.05, 0) is 5.56 Å². The number of ketones is 1. The Morgan fingerprint density at radius 3 is 2.26 bits per heavy atom. The minimum atomic E-state index is -5.52. The number of halogens is 6. The molecule has 0 bridgehead atoms. The second-order valence-corrected chi connectivity index (χ2v) is 5.04. The SMILES string of the molecule is O=C(/C(=C(/O)C(F)(F)F)[C@@H]1[NH2+]CCc2ccccc21)C(F)(F)F. The van der Waals surface area contributed by atoms with E-state index in [2.05, 4.69) is 0 Å². The molecule has 9 heteroatoms. The first kappa shape index (κ1) is 17.3. The third-order valence-electron chi connectivity index (χ3n) is 3.54. The molecule has 0 spiro atoms. The molecule has 1 atom stereocenters. The first-order valence-corrected chi connectivity index (χ1v) is 6.56. The number of rotatable bonds is 2. The van der Waals surface area contributed by atoms with Crippen LogP contribution in [0.3, 0.4) is 0 Å². The summed E-state index contributed by atoms with van der Waals surface area (Å²) >= 11 is 0. The number of fused-ring (bicyclic) bond motifs is 1. The van der Waals surface area contributed by atoms with Gasteiger partial charge in [0.25, 0.3) is 5.78 Å². The van der Waals surface area contributed by atoms with Gasteiger partial charge < -0.3 is 10.4 Å². The van der Waals surface area contributed by atoms with Crippen LogP contribution in [0.25, 0.3) is 0 Å². The Morgan fingerprint density at radius 2 is 1.70 bits per heavy atom. The molecule has 0 aliphatic carbocycles. The van der Waals surface area contributed by atoms with Crippen molar-refractivity contribution in [2.24, 2.45) is 0 Å². The smallest absolute Gasteiger partial charge is 0.454 e. The molecule has 126 valence electrons. The van der Waals surface area contributed by atoms with Crippen LogP contribution in [0, 0.1) is 0 Å². The van der Waals surface area contributed by atoms with Crippen LogP contribution in [0.5, 0.6) is 0 Å². The van der Waals surface area contributed by atoms with Crippen molar-refractivity contribution in [1.29, 1.82) is 0 Å². The first-order valence-electron chi connectivity index (χ1n) is 6.56. The number of aliphatic hydroxyl groups excluding tert-OH is 1. The van der Waals surface area contributed by atoms with E-state index in [9.17, 15) is 36.2 Å². The van der Waals surface area contributed by atoms with Gasteiger partial charge in [0.15, 0.2) is 0 Å². The maximum atomic E-state index is 12.7. The number of quaternary nitrogens is 1. The Morgan fingerprint density at radius 1 is 1.09 bits per heavy atom. The normalized spacial score (nSPS) is 19.8. The van der Waals surface area contributed by atoms with Crippen molar-refractivity contribution in [3.63, 3.8) is 0 Å². The Labute approximate surface area is 126 Å². The summed E-state index contributed by atoms with van der Waals surface area (Å²) in [5.41, 5.74) is -0.984. The number of carbonyl (C=O) groups is 1. The summed E-state index contributed by atoms with van der Waals surface area (Å²) in [5, 5.41) is 10.5. The summed E-state index contributed by atoms with van der Waals surface area (Å²) in [6.45, 7) is 0.196. The second kappa shape index (κ2) is 5.88. The molecule has 0 saturated carbocycles. The quantitative estimate of drug-likeness (QED) is 0.493. The molecular formula is C14H12F6NO2+. The molecule has 3 nitrogen and oxygen atoms in total. The number of allylic oxidation sites excluding steroid dienone is 1. The van der Waals surface area contributed by atoms with Gasteiger partial charge in [-0.15, -0.1) is 0 Å². The number of benzene rings is 1. The highest BCUT2D eigenvalue weighted by molar-refractivity contribution is 6.01. The van der Waals surface area contributed by atoms with Crippen molar-refractivity contribution < 1.29 is 41.6 Å². The third-order valence-corrected chi connectivity index (χ3v) is 3.54. The Kier molecular flexibility index (Phi) is 4.43. The van der Waals surface area contributed by atoms with Gasteiger partial charge in [-0.1, -0.05) is 24.3 Å². The summed E-state index contributed by atoms with van der Waals surface area (Å²) in [7, 11) is 0. The van der Waals surface area contributed by atoms with Crippen molar-refractivity contribution in [3.8, 4) is 0 Å². The van der Waals surface area contributed by atoms with Crippen LogP contribution in [0.1, 0.15) is 17.2 Å². The molecule has 0 radical (unpaired) electrons. The molecule has 1 heterocycles. The number of Topliss-reactive ketones (excluding diaryl/α,β-unsaturated/α-hetero) is 1. The number of nitrogens with two attached hydrogens (primary N) is 1. The van der Waals surface area contributed by atoms with E-state index in [4.69, 9.17) is 0 Å². The third kappa shape index (κ3) is 3.49. The molecule has 2 rings (SSSR count). The van der Waals surface area contributed by atoms with E-state index >= 15 is 0 Å². The minimum absolute atomic E-state index is 0.155. The molecule has 0 saturated heterocycles. The zero-order chi connectivity index (χ0) is 17.4. The van der Waals surface area contributed by atoms with E-state index in [1.165, 1.54) is 17.4 Å². The maximum absolute atomic E-state index is 12.7. The minimum Gasteiger partial charge on any atom is -0.504 e. The highest BCUT2D eigenvalue weighted by atomic mass is 19.4. The standard InChI is InChI=1S/C14H11F6NO2/c15-13(16,17)11(22)9(12(23)14(18,19)20)10-8-4-2-1-3-7(8)5-6-21-10/h1-4,10,21-22H,5-6H2/p+1/b11-9+/t10-/m1/s1. The van der Waals surface area contributed by atoms with Gasteiger partial charge in [0.1, 0.15) is 11.6 Å². The summed E-state index contributed by atoms with van der Waals surface area (Å²) in [6.07, 6.45) is -10.5. The molecule has 3 N–H and O–H groups in total. The molecule has 23 heavy (non-hydrogen) atoms. The van der Waals surface area contributed by atoms with Gasteiger partial charge in [-0.2, -0.15) is 26.3 Å². The number of carbonyl (C=O) groups excluding carboxylic acids is 1. The van der Waals surface area contributed by atoms with Gasteiger partial charge in [0.2, 0.25) is 5.76 Å². The lowest BCUT2D eigenvalue weighted by Crippen LogP contribution is -2.88. The second-order valence-electron chi connectivity index (χ2n) is 5.04. The van der Waals surface area contributed by atoms with Gasteiger partial charge in [0.05, 0.1) is 6.54 Å². The number of hydrogen-bond acceptors (Lipinski definition) is 2. The summed E-state index contributed by atoms with van der Waals surface area (Å²) in [4.78, 5) is 11.5. The molecule has 1 aromatic rings. The van der Waals surface area contributed by atoms with Crippen LogP contribution in [0.15, 0.2) is 35.6 Å². The van der Waals surface area contributed by atoms with E-state index in [0.29, 0.717) is 12.0 Å². The number of alkyl halides is 6. The Hall–Kier alpha value is -2.03. The van der Waals surface area contributed by atoms with Gasteiger partial charge in [-0.25, -0.2) is 0 Å². The van der Waals surface area contributed by atoms with E-state index in [-0.39, 0.29) is 12.1 Å². The summed E-state index contributed by atoms with van der Waals surface area (Å²) in [6, 6.07) is 4.40. The molecule has 0 amide bonds. The van der Waals surface area contributed by atoms with Crippen LogP contribution in [0.4, 0.5) is 26.3 Å². The predicted octanol–water partition coefficient (Wildman–Crippen LogP) is 2.35. The molecule has 0 aromatic heterocycles. The molecular weight excluding hydrogens is 328 g/mol. The first-order chi connectivity index (χ1) is 10.5. The molecule has 0 fully saturated rings. The Balaban J connectivity index is 2.64. The van der Waals surface area contributed by atoms with Crippen molar-refractivity contribution in [2.45, 2.75) is 24.8 Å². The van der Waals surface area contributed by atoms with Gasteiger partial charge in [-0.3, -0.25) is 4.79 Å². The fourth-order valence-corrected chi connectivity index (χ4v) is 2.57. The van der Waals surface area contributed by atoms with Crippen LogP contribution in [0.2, 0.25) is 0 Å². The average molecular weight is 340 g/mol. The van der Waals surface area contributed by atoms with Crippen LogP contribution < -0.4 is 5.32 Å². The van der Waals surface area contributed by atoms with Crippen LogP contribution >= 0.6 is 0 Å². The van der Waals surface area contributed by atoms with E-state index in [1.807, 2.05) is 0 Å². The topological polar surface area (TPSA) is 53.9 Å². The van der Waals surface area contributed by atoms with Crippen molar-refractivity contribution in [3.05, 3.63) is 46.7 Å². The highest BCUT2D eigenvalue weighted by Gasteiger charge is 2.51.